The minimum atomic E-state index is -0.948. The van der Waals surface area contributed by atoms with Crippen molar-refractivity contribution in [1.82, 2.24) is 20.0 Å². The molecule has 0 saturated heterocycles. The van der Waals surface area contributed by atoms with E-state index in [0.717, 1.165) is 22.3 Å². The van der Waals surface area contributed by atoms with Crippen LogP contribution in [-0.4, -0.2) is 61.0 Å². The first-order chi connectivity index (χ1) is 16.8. The van der Waals surface area contributed by atoms with Gasteiger partial charge in [-0.2, -0.15) is 0 Å². The molecule has 174 valence electrons. The lowest BCUT2D eigenvalue weighted by Crippen LogP contribution is -2.37. The highest BCUT2D eigenvalue weighted by molar-refractivity contribution is 7.15. The summed E-state index contributed by atoms with van der Waals surface area (Å²) in [5.74, 6) is -3.49. The van der Waals surface area contributed by atoms with Crippen molar-refractivity contribution in [2.45, 2.75) is 6.54 Å². The molecular weight excluding hydrogens is 480 g/mol. The average Bonchev–Trinajstić information content (AvgIpc) is 3.46. The minimum absolute atomic E-state index is 0.0178. The number of anilines is 1. The van der Waals surface area contributed by atoms with Gasteiger partial charge in [0.2, 0.25) is 11.0 Å². The smallest absolute Gasteiger partial charge is 0.282 e. The molecule has 14 heteroatoms. The molecule has 2 aromatic carbocycles. The van der Waals surface area contributed by atoms with Crippen molar-refractivity contribution < 1.29 is 28.9 Å². The van der Waals surface area contributed by atoms with Crippen LogP contribution in [0.3, 0.4) is 0 Å². The van der Waals surface area contributed by atoms with E-state index in [9.17, 15) is 34.1 Å². The summed E-state index contributed by atoms with van der Waals surface area (Å²) in [5, 5.41) is 21.6. The number of hydrogen-bond donors (Lipinski definition) is 1. The summed E-state index contributed by atoms with van der Waals surface area (Å²) in [6.45, 7) is -0.848. The molecule has 1 N–H and O–H groups in total. The number of hydrogen-bond acceptors (Lipinski definition) is 10. The van der Waals surface area contributed by atoms with Crippen LogP contribution >= 0.6 is 11.3 Å². The highest BCUT2D eigenvalue weighted by atomic mass is 32.1. The summed E-state index contributed by atoms with van der Waals surface area (Å²) in [4.78, 5) is 74.6. The van der Waals surface area contributed by atoms with Gasteiger partial charge in [-0.15, -0.1) is 10.2 Å². The van der Waals surface area contributed by atoms with Gasteiger partial charge in [-0.3, -0.25) is 49.2 Å². The molecule has 1 aromatic heterocycles. The maximum atomic E-state index is 12.6. The van der Waals surface area contributed by atoms with Gasteiger partial charge in [0.25, 0.3) is 29.3 Å². The van der Waals surface area contributed by atoms with Gasteiger partial charge in [-0.25, -0.2) is 0 Å². The minimum Gasteiger partial charge on any atom is -0.299 e. The molecule has 0 radical (unpaired) electrons. The second-order valence-corrected chi connectivity index (χ2v) is 8.51. The molecule has 0 bridgehead atoms. The SMILES string of the molecule is O=C(CN1C(=O)c2cccc([N+](=O)[O-])c2C1=O)Nc1nnc(CN2C(=O)c3ccccc3C2=O)s1. The van der Waals surface area contributed by atoms with Gasteiger partial charge < -0.3 is 0 Å². The van der Waals surface area contributed by atoms with E-state index in [4.69, 9.17) is 0 Å². The predicted molar refractivity (Wildman–Crippen MR) is 118 cm³/mol. The van der Waals surface area contributed by atoms with E-state index in [1.165, 1.54) is 12.1 Å². The summed E-state index contributed by atoms with van der Waals surface area (Å²) in [6, 6.07) is 10.1. The molecule has 3 aromatic rings. The summed E-state index contributed by atoms with van der Waals surface area (Å²) in [6.07, 6.45) is 0. The Kier molecular flexibility index (Phi) is 5.13. The average molecular weight is 492 g/mol. The number of carbonyl (C=O) groups excluding carboxylic acids is 5. The highest BCUT2D eigenvalue weighted by Crippen LogP contribution is 2.31. The zero-order chi connectivity index (χ0) is 24.9. The van der Waals surface area contributed by atoms with Gasteiger partial charge in [0, 0.05) is 6.07 Å². The van der Waals surface area contributed by atoms with E-state index >= 15 is 0 Å². The Morgan fingerprint density at radius 2 is 1.51 bits per heavy atom. The van der Waals surface area contributed by atoms with E-state index in [2.05, 4.69) is 15.5 Å². The fourth-order valence-electron chi connectivity index (χ4n) is 3.80. The van der Waals surface area contributed by atoms with Gasteiger partial charge >= 0.3 is 0 Å². The molecule has 2 aliphatic rings. The summed E-state index contributed by atoms with van der Waals surface area (Å²) in [5.41, 5.74) is -0.468. The second kappa shape index (κ2) is 8.18. The zero-order valence-corrected chi connectivity index (χ0v) is 18.3. The number of imide groups is 2. The van der Waals surface area contributed by atoms with E-state index in [0.29, 0.717) is 4.90 Å². The Morgan fingerprint density at radius 1 is 0.886 bits per heavy atom. The number of nitrogens with one attached hydrogen (secondary N) is 1. The normalized spacial score (nSPS) is 14.4. The number of nitrogens with zero attached hydrogens (tertiary/aromatic N) is 5. The highest BCUT2D eigenvalue weighted by Gasteiger charge is 2.42. The molecule has 0 fully saturated rings. The molecule has 35 heavy (non-hydrogen) atoms. The standard InChI is InChI=1S/C21H12N6O7S/c28-14(8-25-19(31)12-6-3-7-13(27(33)34)16(12)20(25)32)22-21-24-23-15(35-21)9-26-17(29)10-4-1-2-5-11(10)18(26)30/h1-7H,8-9H2,(H,22,24,28). The Labute approximate surface area is 199 Å². The van der Waals surface area contributed by atoms with E-state index in [-0.39, 0.29) is 38.9 Å². The molecule has 2 aliphatic heterocycles. The van der Waals surface area contributed by atoms with Crippen LogP contribution in [0.5, 0.6) is 0 Å². The number of aromatic nitrogens is 2. The van der Waals surface area contributed by atoms with Crippen LogP contribution in [0, 0.1) is 10.1 Å². The lowest BCUT2D eigenvalue weighted by Gasteiger charge is -2.12. The molecule has 0 saturated carbocycles. The Bertz CT molecular complexity index is 1450. The molecule has 5 amide bonds. The van der Waals surface area contributed by atoms with Crippen LogP contribution in [0.2, 0.25) is 0 Å². The monoisotopic (exact) mass is 492 g/mol. The molecule has 0 spiro atoms. The van der Waals surface area contributed by atoms with E-state index in [1.807, 2.05) is 0 Å². The predicted octanol–water partition coefficient (Wildman–Crippen LogP) is 1.48. The van der Waals surface area contributed by atoms with Crippen LogP contribution < -0.4 is 5.32 Å². The van der Waals surface area contributed by atoms with Crippen LogP contribution in [0.25, 0.3) is 0 Å². The van der Waals surface area contributed by atoms with Crippen LogP contribution in [0.4, 0.5) is 10.8 Å². The largest absolute Gasteiger partial charge is 0.299 e. The lowest BCUT2D eigenvalue weighted by atomic mass is 10.1. The number of fused-ring (bicyclic) bond motifs is 2. The number of benzene rings is 2. The van der Waals surface area contributed by atoms with E-state index in [1.54, 1.807) is 24.3 Å². The first kappa shape index (κ1) is 22.0. The summed E-state index contributed by atoms with van der Waals surface area (Å²) in [7, 11) is 0. The fourth-order valence-corrected chi connectivity index (χ4v) is 4.54. The molecule has 5 rings (SSSR count). The molecule has 3 heterocycles. The van der Waals surface area contributed by atoms with Crippen molar-refractivity contribution >= 4 is 51.7 Å². The number of amides is 5. The third-order valence-electron chi connectivity index (χ3n) is 5.36. The van der Waals surface area contributed by atoms with Gasteiger partial charge in [-0.1, -0.05) is 29.5 Å². The quantitative estimate of drug-likeness (QED) is 0.304. The number of nitro benzene ring substituents is 1. The van der Waals surface area contributed by atoms with Crippen molar-refractivity contribution in [2.75, 3.05) is 11.9 Å². The van der Waals surface area contributed by atoms with Gasteiger partial charge in [0.05, 0.1) is 28.2 Å². The molecule has 0 unspecified atom stereocenters. The maximum Gasteiger partial charge on any atom is 0.282 e. The van der Waals surface area contributed by atoms with Crippen molar-refractivity contribution in [3.05, 3.63) is 79.8 Å². The maximum absolute atomic E-state index is 12.6. The van der Waals surface area contributed by atoms with Crippen LogP contribution in [0.15, 0.2) is 42.5 Å². The van der Waals surface area contributed by atoms with Crippen LogP contribution in [-0.2, 0) is 11.3 Å². The summed E-state index contributed by atoms with van der Waals surface area (Å²) >= 11 is 0.906. The number of rotatable bonds is 6. The fraction of sp³-hybridized carbons (Fsp3) is 0.0952. The second-order valence-electron chi connectivity index (χ2n) is 7.44. The van der Waals surface area contributed by atoms with Crippen molar-refractivity contribution in [3.63, 3.8) is 0 Å². The molecule has 13 nitrogen and oxygen atoms in total. The molecular formula is C21H12N6O7S. The third kappa shape index (κ3) is 3.61. The van der Waals surface area contributed by atoms with Gasteiger partial charge in [0.15, 0.2) is 0 Å². The topological polar surface area (TPSA) is 173 Å². The number of nitro groups is 1. The first-order valence-electron chi connectivity index (χ1n) is 9.97. The number of carbonyl (C=O) groups is 5. The van der Waals surface area contributed by atoms with Crippen LogP contribution in [0.1, 0.15) is 46.4 Å². The van der Waals surface area contributed by atoms with Crippen molar-refractivity contribution in [3.8, 4) is 0 Å². The lowest BCUT2D eigenvalue weighted by molar-refractivity contribution is -0.385. The Morgan fingerprint density at radius 3 is 2.17 bits per heavy atom. The first-order valence-corrected chi connectivity index (χ1v) is 10.8. The Hall–Kier alpha value is -4.85. The molecule has 0 atom stereocenters. The van der Waals surface area contributed by atoms with Crippen molar-refractivity contribution in [1.29, 1.82) is 0 Å². The third-order valence-corrected chi connectivity index (χ3v) is 6.18. The zero-order valence-electron chi connectivity index (χ0n) is 17.5. The van der Waals surface area contributed by atoms with Gasteiger partial charge in [0.1, 0.15) is 17.1 Å². The Balaban J connectivity index is 1.25. The molecule has 0 aliphatic carbocycles. The van der Waals surface area contributed by atoms with E-state index < -0.39 is 46.7 Å². The van der Waals surface area contributed by atoms with Gasteiger partial charge in [-0.05, 0) is 18.2 Å². The van der Waals surface area contributed by atoms with Crippen molar-refractivity contribution in [2.24, 2.45) is 0 Å². The summed E-state index contributed by atoms with van der Waals surface area (Å²) < 4.78 is 0.